The Labute approximate surface area is 244 Å². The van der Waals surface area contributed by atoms with Crippen molar-refractivity contribution in [2.75, 3.05) is 34.5 Å². The molecule has 0 bridgehead atoms. The summed E-state index contributed by atoms with van der Waals surface area (Å²) in [5.74, 6) is -5.12. The minimum atomic E-state index is -4.83. The molecule has 1 aliphatic carbocycles. The fraction of sp³-hybridized carbons (Fsp3) is 0.536. The van der Waals surface area contributed by atoms with Crippen LogP contribution in [0.3, 0.4) is 0 Å². The molecule has 12 heteroatoms. The van der Waals surface area contributed by atoms with Gasteiger partial charge < -0.3 is 18.9 Å². The summed E-state index contributed by atoms with van der Waals surface area (Å²) < 4.78 is 77.6. The normalized spacial score (nSPS) is 18.4. The summed E-state index contributed by atoms with van der Waals surface area (Å²) in [5, 5.41) is 0. The molecular weight excluding hydrogens is 649 g/mol. The van der Waals surface area contributed by atoms with E-state index in [1.165, 1.54) is 14.2 Å². The van der Waals surface area contributed by atoms with Crippen molar-refractivity contribution in [1.29, 1.82) is 0 Å². The molecule has 7 nitrogen and oxygen atoms in total. The van der Waals surface area contributed by atoms with E-state index < -0.39 is 47.0 Å². The van der Waals surface area contributed by atoms with Gasteiger partial charge in [-0.2, -0.15) is 13.2 Å². The lowest BCUT2D eigenvalue weighted by atomic mass is 9.72. The summed E-state index contributed by atoms with van der Waals surface area (Å²) >= 11 is 1.67. The Morgan fingerprint density at radius 3 is 2.23 bits per heavy atom. The molecule has 1 saturated carbocycles. The van der Waals surface area contributed by atoms with Gasteiger partial charge in [0.2, 0.25) is 5.88 Å². The number of ether oxygens (including phenoxy) is 4. The van der Waals surface area contributed by atoms with Gasteiger partial charge in [-0.05, 0) is 65.1 Å². The van der Waals surface area contributed by atoms with Crippen molar-refractivity contribution in [3.8, 4) is 11.6 Å². The number of methoxy groups -OCH3 is 3. The number of benzene rings is 1. The number of nitrogens with zero attached hydrogens (tertiary/aromatic N) is 1. The van der Waals surface area contributed by atoms with Crippen molar-refractivity contribution in [1.82, 2.24) is 4.98 Å². The van der Waals surface area contributed by atoms with Gasteiger partial charge >= 0.3 is 12.1 Å². The molecule has 40 heavy (non-hydrogen) atoms. The molecular formula is C28H32F4INO6. The molecule has 1 aromatic carbocycles. The number of Topliss-reactive ketones (excluding diaryl/α,β-unsaturated/α-hetero) is 1. The molecule has 0 aliphatic heterocycles. The van der Waals surface area contributed by atoms with E-state index in [4.69, 9.17) is 18.9 Å². The van der Waals surface area contributed by atoms with Gasteiger partial charge in [-0.3, -0.25) is 4.79 Å². The van der Waals surface area contributed by atoms with Crippen molar-refractivity contribution in [3.63, 3.8) is 0 Å². The summed E-state index contributed by atoms with van der Waals surface area (Å²) in [6, 6.07) is 2.72. The molecule has 1 aromatic heterocycles. The average molecular weight is 681 g/mol. The van der Waals surface area contributed by atoms with Crippen LogP contribution < -0.4 is 4.74 Å². The third kappa shape index (κ3) is 7.69. The molecule has 2 aromatic rings. The second kappa shape index (κ2) is 14.0. The van der Waals surface area contributed by atoms with Gasteiger partial charge in [0.05, 0.1) is 31.8 Å². The predicted molar refractivity (Wildman–Crippen MR) is 146 cm³/mol. The molecule has 0 amide bonds. The third-order valence-electron chi connectivity index (χ3n) is 7.13. The summed E-state index contributed by atoms with van der Waals surface area (Å²) in [6.07, 6.45) is -0.667. The van der Waals surface area contributed by atoms with Crippen LogP contribution >= 0.6 is 22.6 Å². The Bertz CT molecular complexity index is 1190. The first-order chi connectivity index (χ1) is 18.9. The van der Waals surface area contributed by atoms with Crippen LogP contribution in [0, 0.1) is 27.1 Å². The van der Waals surface area contributed by atoms with Crippen LogP contribution in [-0.2, 0) is 25.2 Å². The monoisotopic (exact) mass is 681 g/mol. The highest BCUT2D eigenvalue weighted by Crippen LogP contribution is 2.42. The first kappa shape index (κ1) is 32.2. The Balaban J connectivity index is 2.15. The third-order valence-corrected chi connectivity index (χ3v) is 7.72. The van der Waals surface area contributed by atoms with Gasteiger partial charge in [0, 0.05) is 35.8 Å². The molecule has 1 aliphatic rings. The zero-order valence-corrected chi connectivity index (χ0v) is 24.8. The maximum atomic E-state index is 15.6. The fourth-order valence-corrected chi connectivity index (χ4v) is 5.56. The number of esters is 1. The molecule has 1 atom stereocenters. The van der Waals surface area contributed by atoms with E-state index in [1.54, 1.807) is 22.6 Å². The second-order valence-electron chi connectivity index (χ2n) is 9.98. The van der Waals surface area contributed by atoms with Crippen molar-refractivity contribution in [2.24, 2.45) is 17.8 Å². The number of ketones is 1. The summed E-state index contributed by atoms with van der Waals surface area (Å²) in [5.41, 5.74) is -1.38. The molecule has 0 spiro atoms. The number of halogens is 5. The molecule has 1 heterocycles. The number of hydrogen-bond acceptors (Lipinski definition) is 7. The van der Waals surface area contributed by atoms with E-state index in [2.05, 4.69) is 11.9 Å². The van der Waals surface area contributed by atoms with Gasteiger partial charge in [-0.15, -0.1) is 0 Å². The van der Waals surface area contributed by atoms with Crippen LogP contribution in [0.4, 0.5) is 17.6 Å². The highest BCUT2D eigenvalue weighted by molar-refractivity contribution is 14.1. The highest BCUT2D eigenvalue weighted by Gasteiger charge is 2.40. The summed E-state index contributed by atoms with van der Waals surface area (Å²) in [4.78, 5) is 30.6. The minimum absolute atomic E-state index is 0.0334. The number of hydrogen-bond donors (Lipinski definition) is 0. The zero-order chi connectivity index (χ0) is 29.6. The predicted octanol–water partition coefficient (Wildman–Crippen LogP) is 6.81. The van der Waals surface area contributed by atoms with Crippen LogP contribution in [0.25, 0.3) is 0 Å². The van der Waals surface area contributed by atoms with Crippen molar-refractivity contribution >= 4 is 34.3 Å². The van der Waals surface area contributed by atoms with Gasteiger partial charge in [-0.1, -0.05) is 19.8 Å². The van der Waals surface area contributed by atoms with Gasteiger partial charge in [0.25, 0.3) is 0 Å². The standard InChI is InChI=1S/C28H32F4INO6/c1-15-5-7-16(8-6-15)25(35)24(17(13-37-2)14-38-3)19-10-22(29)23(11-20(19)27(36)39-4)40-26-21(28(30,31)32)9-18(33)12-34-26/h9-12,15-17,24H,5-8,13-14H2,1-4H3/t15-,16-,24?. The molecule has 0 radical (unpaired) electrons. The van der Waals surface area contributed by atoms with E-state index in [0.717, 1.165) is 44.3 Å². The lowest BCUT2D eigenvalue weighted by Crippen LogP contribution is -2.35. The van der Waals surface area contributed by atoms with Crippen molar-refractivity contribution in [3.05, 3.63) is 50.5 Å². The largest absolute Gasteiger partial charge is 0.465 e. The van der Waals surface area contributed by atoms with Gasteiger partial charge in [0.15, 0.2) is 11.6 Å². The first-order valence-electron chi connectivity index (χ1n) is 12.7. The second-order valence-corrected chi connectivity index (χ2v) is 11.2. The Hall–Kier alpha value is -2.32. The van der Waals surface area contributed by atoms with E-state index in [1.807, 2.05) is 0 Å². The molecule has 1 unspecified atom stereocenters. The molecule has 220 valence electrons. The van der Waals surface area contributed by atoms with Crippen LogP contribution in [0.2, 0.25) is 0 Å². The van der Waals surface area contributed by atoms with Gasteiger partial charge in [0.1, 0.15) is 11.3 Å². The van der Waals surface area contributed by atoms with Crippen molar-refractivity contribution in [2.45, 2.75) is 44.7 Å². The summed E-state index contributed by atoms with van der Waals surface area (Å²) in [7, 11) is 4.02. The molecule has 0 saturated heterocycles. The SMILES string of the molecule is COCC(COC)C(c1cc(F)c(Oc2ncc(I)cc2C(F)(F)F)cc1C(=O)OC)C(=O)[C@H]1CC[C@H](C)CC1. The highest BCUT2D eigenvalue weighted by atomic mass is 127. The molecule has 3 rings (SSSR count). The average Bonchev–Trinajstić information content (AvgIpc) is 2.90. The number of alkyl halides is 3. The first-order valence-corrected chi connectivity index (χ1v) is 13.8. The van der Waals surface area contributed by atoms with E-state index in [-0.39, 0.29) is 39.6 Å². The summed E-state index contributed by atoms with van der Waals surface area (Å²) in [6.45, 7) is 2.28. The fourth-order valence-electron chi connectivity index (χ4n) is 5.11. The van der Waals surface area contributed by atoms with Gasteiger partial charge in [-0.25, -0.2) is 14.2 Å². The number of carbonyl (C=O) groups is 2. The number of carbonyl (C=O) groups excluding carboxylic acids is 2. The van der Waals surface area contributed by atoms with Crippen LogP contribution in [0.15, 0.2) is 24.4 Å². The zero-order valence-electron chi connectivity index (χ0n) is 22.6. The Kier molecular flexibility index (Phi) is 11.3. The van der Waals surface area contributed by atoms with Crippen LogP contribution in [0.5, 0.6) is 11.6 Å². The van der Waals surface area contributed by atoms with Crippen LogP contribution in [-0.4, -0.2) is 51.3 Å². The number of aromatic nitrogens is 1. The maximum Gasteiger partial charge on any atom is 0.421 e. The Morgan fingerprint density at radius 1 is 1.05 bits per heavy atom. The maximum absolute atomic E-state index is 15.6. The van der Waals surface area contributed by atoms with E-state index in [9.17, 15) is 22.8 Å². The number of pyridine rings is 1. The smallest absolute Gasteiger partial charge is 0.421 e. The van der Waals surface area contributed by atoms with Crippen molar-refractivity contribution < 1.29 is 46.1 Å². The van der Waals surface area contributed by atoms with Crippen LogP contribution in [0.1, 0.15) is 60.0 Å². The molecule has 0 N–H and O–H groups in total. The topological polar surface area (TPSA) is 83.9 Å². The Morgan fingerprint density at radius 2 is 1.68 bits per heavy atom. The minimum Gasteiger partial charge on any atom is -0.465 e. The lowest BCUT2D eigenvalue weighted by molar-refractivity contribution is -0.139. The number of rotatable bonds is 11. The molecule has 1 fully saturated rings. The van der Waals surface area contributed by atoms with E-state index >= 15 is 4.39 Å². The van der Waals surface area contributed by atoms with E-state index in [0.29, 0.717) is 18.8 Å². The quantitative estimate of drug-likeness (QED) is 0.146. The lowest BCUT2D eigenvalue weighted by Gasteiger charge is -2.33.